The van der Waals surface area contributed by atoms with Crippen LogP contribution in [-0.4, -0.2) is 31.5 Å². The molecule has 1 unspecified atom stereocenters. The molecule has 3 nitrogen and oxygen atoms in total. The fraction of sp³-hybridized carbons (Fsp3) is 0.600. The van der Waals surface area contributed by atoms with E-state index < -0.39 is 5.82 Å². The third-order valence-electron chi connectivity index (χ3n) is 4.05. The van der Waals surface area contributed by atoms with Crippen LogP contribution in [0.2, 0.25) is 5.02 Å². The molecule has 3 rings (SSSR count). The van der Waals surface area contributed by atoms with Crippen LogP contribution in [0, 0.1) is 5.82 Å². The molecule has 1 aromatic rings. The Balaban J connectivity index is 1.66. The van der Waals surface area contributed by atoms with Crippen molar-refractivity contribution in [2.24, 2.45) is 0 Å². The lowest BCUT2D eigenvalue weighted by Gasteiger charge is -2.43. The molecule has 0 bridgehead atoms. The summed E-state index contributed by atoms with van der Waals surface area (Å²) < 4.78 is 30.7. The van der Waals surface area contributed by atoms with Gasteiger partial charge in [-0.15, -0.1) is 0 Å². The van der Waals surface area contributed by atoms with Crippen LogP contribution in [0.4, 0.5) is 4.39 Å². The molecule has 2 aliphatic rings. The molecule has 20 heavy (non-hydrogen) atoms. The van der Waals surface area contributed by atoms with Crippen LogP contribution < -0.4 is 4.74 Å². The van der Waals surface area contributed by atoms with Gasteiger partial charge in [-0.05, 0) is 25.0 Å². The summed E-state index contributed by atoms with van der Waals surface area (Å²) in [6, 6.07) is 4.57. The van der Waals surface area contributed by atoms with Crippen molar-refractivity contribution < 1.29 is 18.6 Å². The Bertz CT molecular complexity index is 469. The van der Waals surface area contributed by atoms with Gasteiger partial charge in [-0.25, -0.2) is 4.39 Å². The first kappa shape index (κ1) is 14.1. The summed E-state index contributed by atoms with van der Waals surface area (Å²) in [5.41, 5.74) is -0.119. The van der Waals surface area contributed by atoms with Crippen molar-refractivity contribution in [2.75, 3.05) is 19.8 Å². The largest absolute Gasteiger partial charge is 0.490 e. The number of halogens is 2. The maximum absolute atomic E-state index is 13.4. The van der Waals surface area contributed by atoms with E-state index in [0.29, 0.717) is 12.4 Å². The lowest BCUT2D eigenvalue weighted by atomic mass is 9.85. The Labute approximate surface area is 123 Å². The van der Waals surface area contributed by atoms with Crippen LogP contribution in [0.1, 0.15) is 25.7 Å². The molecule has 1 atom stereocenters. The lowest BCUT2D eigenvalue weighted by molar-refractivity contribution is -0.155. The molecule has 2 saturated heterocycles. The van der Waals surface area contributed by atoms with Crippen LogP contribution in [0.15, 0.2) is 18.2 Å². The van der Waals surface area contributed by atoms with Crippen LogP contribution in [-0.2, 0) is 9.47 Å². The first-order valence-electron chi connectivity index (χ1n) is 7.00. The van der Waals surface area contributed by atoms with Crippen molar-refractivity contribution >= 4 is 11.6 Å². The molecule has 0 aliphatic carbocycles. The number of ether oxygens (including phenoxy) is 3. The van der Waals surface area contributed by atoms with Gasteiger partial charge in [0.05, 0.1) is 17.2 Å². The molecule has 5 heteroatoms. The molecular formula is C15H18ClFO3. The highest BCUT2D eigenvalue weighted by Gasteiger charge is 2.39. The molecule has 1 aromatic carbocycles. The molecule has 0 radical (unpaired) electrons. The summed E-state index contributed by atoms with van der Waals surface area (Å²) in [5.74, 6) is 0.0815. The average Bonchev–Trinajstić information content (AvgIpc) is 2.44. The van der Waals surface area contributed by atoms with E-state index in [1.54, 1.807) is 6.07 Å². The van der Waals surface area contributed by atoms with Crippen molar-refractivity contribution in [2.45, 2.75) is 37.4 Å². The zero-order valence-electron chi connectivity index (χ0n) is 11.2. The highest BCUT2D eigenvalue weighted by atomic mass is 35.5. The van der Waals surface area contributed by atoms with Crippen LogP contribution in [0.25, 0.3) is 0 Å². The van der Waals surface area contributed by atoms with Gasteiger partial charge in [0, 0.05) is 32.1 Å². The Kier molecular flexibility index (Phi) is 4.15. The molecule has 2 heterocycles. The van der Waals surface area contributed by atoms with E-state index >= 15 is 0 Å². The minimum atomic E-state index is -0.447. The molecule has 110 valence electrons. The topological polar surface area (TPSA) is 27.7 Å². The standard InChI is InChI=1S/C15H18ClFO3/c16-13-2-1-11(9-14(13)17)20-12-3-6-19-15(10-12)4-7-18-8-5-15/h1-2,9,12H,3-8,10H2. The van der Waals surface area contributed by atoms with Gasteiger partial charge in [-0.1, -0.05) is 11.6 Å². The van der Waals surface area contributed by atoms with Gasteiger partial charge in [0.1, 0.15) is 17.7 Å². The van der Waals surface area contributed by atoms with Gasteiger partial charge in [-0.2, -0.15) is 0 Å². The third kappa shape index (κ3) is 3.08. The molecule has 0 amide bonds. The summed E-state index contributed by atoms with van der Waals surface area (Å²) in [5, 5.41) is 0.116. The highest BCUT2D eigenvalue weighted by Crippen LogP contribution is 2.36. The Hall–Kier alpha value is -0.840. The van der Waals surface area contributed by atoms with Crippen LogP contribution in [0.5, 0.6) is 5.75 Å². The van der Waals surface area contributed by atoms with E-state index in [1.807, 2.05) is 0 Å². The van der Waals surface area contributed by atoms with Crippen LogP contribution in [0.3, 0.4) is 0 Å². The lowest BCUT2D eigenvalue weighted by Crippen LogP contribution is -2.47. The molecule has 1 spiro atoms. The van der Waals surface area contributed by atoms with E-state index in [1.165, 1.54) is 12.1 Å². The molecule has 2 aliphatic heterocycles. The summed E-state index contributed by atoms with van der Waals surface area (Å²) >= 11 is 5.68. The Morgan fingerprint density at radius 3 is 2.80 bits per heavy atom. The zero-order valence-corrected chi connectivity index (χ0v) is 12.0. The van der Waals surface area contributed by atoms with E-state index in [9.17, 15) is 4.39 Å². The van der Waals surface area contributed by atoms with E-state index in [4.69, 9.17) is 25.8 Å². The fourth-order valence-corrected chi connectivity index (χ4v) is 3.04. The highest BCUT2D eigenvalue weighted by molar-refractivity contribution is 6.30. The van der Waals surface area contributed by atoms with Gasteiger partial charge in [0.15, 0.2) is 0 Å². The summed E-state index contributed by atoms with van der Waals surface area (Å²) in [6.07, 6.45) is 3.53. The number of hydrogen-bond acceptors (Lipinski definition) is 3. The summed E-state index contributed by atoms with van der Waals surface area (Å²) in [7, 11) is 0. The molecular weight excluding hydrogens is 283 g/mol. The van der Waals surface area contributed by atoms with Gasteiger partial charge < -0.3 is 14.2 Å². The quantitative estimate of drug-likeness (QED) is 0.835. The second-order valence-corrected chi connectivity index (χ2v) is 5.86. The van der Waals surface area contributed by atoms with Crippen molar-refractivity contribution in [3.05, 3.63) is 29.0 Å². The fourth-order valence-electron chi connectivity index (χ4n) is 2.92. The zero-order chi connectivity index (χ0) is 14.0. The van der Waals surface area contributed by atoms with E-state index in [2.05, 4.69) is 0 Å². The normalized spacial score (nSPS) is 25.6. The Morgan fingerprint density at radius 2 is 2.05 bits per heavy atom. The van der Waals surface area contributed by atoms with Gasteiger partial charge in [0.25, 0.3) is 0 Å². The summed E-state index contributed by atoms with van der Waals surface area (Å²) in [6.45, 7) is 2.16. The minimum absolute atomic E-state index is 0.0578. The van der Waals surface area contributed by atoms with Gasteiger partial charge in [0.2, 0.25) is 0 Å². The van der Waals surface area contributed by atoms with Gasteiger partial charge in [-0.3, -0.25) is 0 Å². The molecule has 2 fully saturated rings. The SMILES string of the molecule is Fc1cc(OC2CCOC3(CCOCC3)C2)ccc1Cl. The van der Waals surface area contributed by atoms with Crippen molar-refractivity contribution in [3.8, 4) is 5.75 Å². The second kappa shape index (κ2) is 5.88. The molecule has 0 N–H and O–H groups in total. The Morgan fingerprint density at radius 1 is 1.25 bits per heavy atom. The maximum atomic E-state index is 13.4. The van der Waals surface area contributed by atoms with Crippen molar-refractivity contribution in [1.82, 2.24) is 0 Å². The predicted octanol–water partition coefficient (Wildman–Crippen LogP) is 3.59. The average molecular weight is 301 g/mol. The molecule has 0 aromatic heterocycles. The number of hydrogen-bond donors (Lipinski definition) is 0. The summed E-state index contributed by atoms with van der Waals surface area (Å²) in [4.78, 5) is 0. The number of benzene rings is 1. The monoisotopic (exact) mass is 300 g/mol. The van der Waals surface area contributed by atoms with E-state index in [0.717, 1.165) is 38.9 Å². The first-order valence-corrected chi connectivity index (χ1v) is 7.38. The van der Waals surface area contributed by atoms with Gasteiger partial charge >= 0.3 is 0 Å². The predicted molar refractivity (Wildman–Crippen MR) is 73.8 cm³/mol. The minimum Gasteiger partial charge on any atom is -0.490 e. The third-order valence-corrected chi connectivity index (χ3v) is 4.35. The van der Waals surface area contributed by atoms with E-state index in [-0.39, 0.29) is 16.7 Å². The smallest absolute Gasteiger partial charge is 0.145 e. The van der Waals surface area contributed by atoms with Crippen molar-refractivity contribution in [3.63, 3.8) is 0 Å². The van der Waals surface area contributed by atoms with Crippen molar-refractivity contribution in [1.29, 1.82) is 0 Å². The number of rotatable bonds is 2. The van der Waals surface area contributed by atoms with Crippen LogP contribution >= 0.6 is 11.6 Å². The first-order chi connectivity index (χ1) is 9.67. The molecule has 0 saturated carbocycles. The second-order valence-electron chi connectivity index (χ2n) is 5.45. The maximum Gasteiger partial charge on any atom is 0.145 e.